The van der Waals surface area contributed by atoms with Gasteiger partial charge in [0.1, 0.15) is 0 Å². The first-order valence-corrected chi connectivity index (χ1v) is 14.0. The third-order valence-corrected chi connectivity index (χ3v) is 8.32. The second kappa shape index (κ2) is 11.0. The minimum absolute atomic E-state index is 0.495. The molecule has 0 amide bonds. The number of hydrogen-bond acceptors (Lipinski definition) is 8. The topological polar surface area (TPSA) is 67.5 Å². The zero-order chi connectivity index (χ0) is 26.9. The van der Waals surface area contributed by atoms with Gasteiger partial charge in [-0.1, -0.05) is 24.3 Å². The number of nitrogens with one attached hydrogen (secondary N) is 2. The van der Waals surface area contributed by atoms with E-state index in [-0.39, 0.29) is 0 Å². The Morgan fingerprint density at radius 3 is 1.59 bits per heavy atom. The van der Waals surface area contributed by atoms with Crippen LogP contribution < -0.4 is 29.6 Å². The number of ether oxygens (including phenoxy) is 4. The Morgan fingerprint density at radius 2 is 1.15 bits per heavy atom. The maximum atomic E-state index is 6.17. The number of hydrogen-bond donors (Lipinski definition) is 2. The molecule has 0 saturated carbocycles. The second-order valence-electron chi connectivity index (χ2n) is 11.2. The highest BCUT2D eigenvalue weighted by Crippen LogP contribution is 2.39. The average molecular weight is 533 g/mol. The lowest BCUT2D eigenvalue weighted by Gasteiger charge is -2.20. The lowest BCUT2D eigenvalue weighted by atomic mass is 10.1. The van der Waals surface area contributed by atoms with E-state index >= 15 is 0 Å². The summed E-state index contributed by atoms with van der Waals surface area (Å²) in [5.41, 5.74) is 7.32. The lowest BCUT2D eigenvalue weighted by Crippen LogP contribution is -2.31. The Bertz CT molecular complexity index is 1170. The van der Waals surface area contributed by atoms with Crippen LogP contribution in [-0.4, -0.2) is 75.5 Å². The fourth-order valence-electron chi connectivity index (χ4n) is 6.31. The van der Waals surface area contributed by atoms with E-state index in [9.17, 15) is 0 Å². The van der Waals surface area contributed by atoms with E-state index in [2.05, 4.69) is 57.9 Å². The Balaban J connectivity index is 1.06. The molecule has 4 aliphatic rings. The predicted molar refractivity (Wildman–Crippen MR) is 154 cm³/mol. The van der Waals surface area contributed by atoms with E-state index in [0.29, 0.717) is 25.3 Å². The van der Waals surface area contributed by atoms with E-state index in [1.54, 1.807) is 14.2 Å². The molecule has 0 spiro atoms. The summed E-state index contributed by atoms with van der Waals surface area (Å²) < 4.78 is 23.7. The van der Waals surface area contributed by atoms with Crippen molar-refractivity contribution in [3.05, 3.63) is 59.7 Å². The van der Waals surface area contributed by atoms with Crippen LogP contribution in [0.3, 0.4) is 0 Å². The van der Waals surface area contributed by atoms with E-state index in [1.165, 1.54) is 22.3 Å². The van der Waals surface area contributed by atoms with Crippen LogP contribution in [0.5, 0.6) is 23.0 Å². The van der Waals surface area contributed by atoms with E-state index < -0.39 is 0 Å². The normalized spacial score (nSPS) is 22.4. The molecular weight excluding hydrogens is 492 g/mol. The van der Waals surface area contributed by atoms with Crippen molar-refractivity contribution >= 4 is 11.4 Å². The Hall–Kier alpha value is -3.36. The highest BCUT2D eigenvalue weighted by atomic mass is 16.5. The SMILES string of the molecule is C=C1C[C@H]2CNc3cc(OCCCOc4cc5c(cc4OC)CN4CC(=C)C[C@H]4CN5)c(OC)cc3CN2C1. The van der Waals surface area contributed by atoms with E-state index in [4.69, 9.17) is 18.9 Å². The predicted octanol–water partition coefficient (Wildman–Crippen LogP) is 4.66. The molecule has 0 radical (unpaired) electrons. The van der Waals surface area contributed by atoms with Crippen molar-refractivity contribution in [2.45, 2.75) is 44.4 Å². The van der Waals surface area contributed by atoms with Gasteiger partial charge in [-0.15, -0.1) is 0 Å². The molecule has 2 aromatic carbocycles. The summed E-state index contributed by atoms with van der Waals surface area (Å²) in [6.07, 6.45) is 2.85. The number of fused-ring (bicyclic) bond motifs is 4. The largest absolute Gasteiger partial charge is 0.493 e. The molecule has 2 fully saturated rings. The molecule has 0 aliphatic carbocycles. The summed E-state index contributed by atoms with van der Waals surface area (Å²) >= 11 is 0. The second-order valence-corrected chi connectivity index (χ2v) is 11.2. The minimum atomic E-state index is 0.495. The van der Waals surface area contributed by atoms with Gasteiger partial charge < -0.3 is 29.6 Å². The third kappa shape index (κ3) is 5.40. The van der Waals surface area contributed by atoms with Crippen molar-refractivity contribution < 1.29 is 18.9 Å². The molecule has 2 N–H and O–H groups in total. The van der Waals surface area contributed by atoms with Gasteiger partial charge in [0.25, 0.3) is 0 Å². The molecule has 8 heteroatoms. The Kier molecular flexibility index (Phi) is 7.32. The average Bonchev–Trinajstić information content (AvgIpc) is 3.35. The first-order valence-electron chi connectivity index (χ1n) is 14.0. The van der Waals surface area contributed by atoms with Crippen molar-refractivity contribution in [3.8, 4) is 23.0 Å². The monoisotopic (exact) mass is 532 g/mol. The molecular formula is C31H40N4O4. The summed E-state index contributed by atoms with van der Waals surface area (Å²) in [5.74, 6) is 3.03. The first-order chi connectivity index (χ1) is 19.0. The Morgan fingerprint density at radius 1 is 0.692 bits per heavy atom. The number of benzene rings is 2. The van der Waals surface area contributed by atoms with Crippen molar-refractivity contribution in [3.63, 3.8) is 0 Å². The number of methoxy groups -OCH3 is 2. The van der Waals surface area contributed by atoms with Crippen LogP contribution in [0.2, 0.25) is 0 Å². The highest BCUT2D eigenvalue weighted by molar-refractivity contribution is 5.62. The van der Waals surface area contributed by atoms with Crippen LogP contribution in [0, 0.1) is 0 Å². The van der Waals surface area contributed by atoms with Gasteiger partial charge in [0.05, 0.1) is 27.4 Å². The fraction of sp³-hybridized carbons (Fsp3) is 0.484. The molecule has 39 heavy (non-hydrogen) atoms. The van der Waals surface area contributed by atoms with Crippen molar-refractivity contribution in [1.82, 2.24) is 9.80 Å². The summed E-state index contributed by atoms with van der Waals surface area (Å²) in [5, 5.41) is 7.24. The van der Waals surface area contributed by atoms with Crippen molar-refractivity contribution in [2.24, 2.45) is 0 Å². The summed E-state index contributed by atoms with van der Waals surface area (Å²) in [6, 6.07) is 9.35. The maximum absolute atomic E-state index is 6.17. The van der Waals surface area contributed by atoms with Gasteiger partial charge in [-0.3, -0.25) is 9.80 Å². The smallest absolute Gasteiger partial charge is 0.163 e. The number of rotatable bonds is 8. The maximum Gasteiger partial charge on any atom is 0.163 e. The van der Waals surface area contributed by atoms with Crippen LogP contribution in [-0.2, 0) is 13.1 Å². The highest BCUT2D eigenvalue weighted by Gasteiger charge is 2.31. The molecule has 4 heterocycles. The van der Waals surface area contributed by atoms with E-state index in [1.807, 2.05) is 0 Å². The van der Waals surface area contributed by atoms with Gasteiger partial charge in [0.2, 0.25) is 0 Å². The van der Waals surface area contributed by atoms with Gasteiger partial charge in [0.15, 0.2) is 23.0 Å². The van der Waals surface area contributed by atoms with E-state index in [0.717, 1.165) is 92.9 Å². The van der Waals surface area contributed by atoms with Gasteiger partial charge in [-0.25, -0.2) is 0 Å². The van der Waals surface area contributed by atoms with Gasteiger partial charge >= 0.3 is 0 Å². The fourth-order valence-corrected chi connectivity index (χ4v) is 6.31. The van der Waals surface area contributed by atoms with Crippen molar-refractivity contribution in [2.75, 3.05) is 64.2 Å². The van der Waals surface area contributed by atoms with Gasteiger partial charge in [-0.2, -0.15) is 0 Å². The molecule has 8 nitrogen and oxygen atoms in total. The van der Waals surface area contributed by atoms with Gasteiger partial charge in [0, 0.05) is 81.3 Å². The molecule has 0 aromatic heterocycles. The molecule has 2 atom stereocenters. The number of nitrogens with zero attached hydrogens (tertiary/aromatic N) is 2. The molecule has 0 unspecified atom stereocenters. The molecule has 2 saturated heterocycles. The van der Waals surface area contributed by atoms with Crippen LogP contribution in [0.1, 0.15) is 30.4 Å². The van der Waals surface area contributed by atoms with Crippen LogP contribution in [0.25, 0.3) is 0 Å². The zero-order valence-electron chi connectivity index (χ0n) is 23.2. The Labute approximate surface area is 231 Å². The molecule has 0 bridgehead atoms. The molecule has 6 rings (SSSR count). The third-order valence-electron chi connectivity index (χ3n) is 8.32. The lowest BCUT2D eigenvalue weighted by molar-refractivity contribution is 0.234. The minimum Gasteiger partial charge on any atom is -0.493 e. The van der Waals surface area contributed by atoms with Crippen LogP contribution in [0.15, 0.2) is 48.6 Å². The number of anilines is 2. The zero-order valence-corrected chi connectivity index (χ0v) is 23.2. The van der Waals surface area contributed by atoms with Gasteiger partial charge in [-0.05, 0) is 36.1 Å². The van der Waals surface area contributed by atoms with Crippen LogP contribution >= 0.6 is 0 Å². The summed E-state index contributed by atoms with van der Waals surface area (Å²) in [7, 11) is 3.39. The first kappa shape index (κ1) is 25.9. The molecule has 208 valence electrons. The summed E-state index contributed by atoms with van der Waals surface area (Å²) in [6.45, 7) is 15.0. The quantitative estimate of drug-likeness (QED) is 0.376. The molecule has 4 aliphatic heterocycles. The standard InChI is InChI=1S/C31H40N4O4/c1-20-8-24-14-32-26-12-30(28(36-3)10-22(26)18-34(24)16-20)38-6-5-7-39-31-13-27-23(11-29(31)37-4)19-35-17-21(2)9-25(35)15-33-27/h10-13,24-25,32-33H,1-2,5-9,14-19H2,3-4H3/t24-,25-/m0/s1. The van der Waals surface area contributed by atoms with Crippen LogP contribution in [0.4, 0.5) is 11.4 Å². The van der Waals surface area contributed by atoms with Crippen molar-refractivity contribution in [1.29, 1.82) is 0 Å². The summed E-state index contributed by atoms with van der Waals surface area (Å²) in [4.78, 5) is 4.98. The molecule has 2 aromatic rings.